The first kappa shape index (κ1) is 77.3. The molecule has 0 bridgehead atoms. The van der Waals surface area contributed by atoms with E-state index in [1.165, 1.54) is 90.9 Å². The van der Waals surface area contributed by atoms with Crippen LogP contribution in [0.5, 0.6) is 0 Å². The number of imidazole rings is 1. The number of aromatic nitrogens is 2. The van der Waals surface area contributed by atoms with Crippen molar-refractivity contribution in [2.75, 3.05) is 72.5 Å². The average Bonchev–Trinajstić information content (AvgIpc) is 4.14. The molecule has 1 fully saturated rings. The zero-order chi connectivity index (χ0) is 61.7. The lowest BCUT2D eigenvalue weighted by atomic mass is 9.76. The summed E-state index contributed by atoms with van der Waals surface area (Å²) in [6.45, 7) is 7.65. The monoisotopic (exact) mass is 1190 g/mol. The Morgan fingerprint density at radius 1 is 0.583 bits per heavy atom. The van der Waals surface area contributed by atoms with E-state index >= 15 is 0 Å². The average molecular weight is 1190 g/mol. The highest BCUT2D eigenvalue weighted by molar-refractivity contribution is 5.86. The van der Waals surface area contributed by atoms with E-state index in [1.54, 1.807) is 12.5 Å². The fourth-order valence-corrected chi connectivity index (χ4v) is 10.2. The van der Waals surface area contributed by atoms with Crippen molar-refractivity contribution in [2.45, 2.75) is 245 Å². The van der Waals surface area contributed by atoms with Gasteiger partial charge < -0.3 is 50.1 Å². The Hall–Kier alpha value is -4.76. The molecule has 2 atom stereocenters. The number of hydrogen-bond acceptors (Lipinski definition) is 15. The molecule has 2 amide bonds. The van der Waals surface area contributed by atoms with Gasteiger partial charge in [0.05, 0.1) is 64.5 Å². The largest absolute Gasteiger partial charge is 0.481 e. The number of carboxylic acid groups (broad SMARTS) is 2. The van der Waals surface area contributed by atoms with Crippen LogP contribution < -0.4 is 16.0 Å². The lowest BCUT2D eigenvalue weighted by Crippen LogP contribution is -2.38. The molecule has 0 aliphatic heterocycles. The van der Waals surface area contributed by atoms with Crippen molar-refractivity contribution in [3.8, 4) is 0 Å². The molecule has 0 radical (unpaired) electrons. The van der Waals surface area contributed by atoms with Gasteiger partial charge in [0.1, 0.15) is 36.3 Å². The fraction of sp³-hybridized carbons (Fsp3) is 0.812. The normalized spacial score (nSPS) is 14.7. The van der Waals surface area contributed by atoms with Crippen LogP contribution in [0.3, 0.4) is 0 Å². The Balaban J connectivity index is 0.000000841. The van der Waals surface area contributed by atoms with Gasteiger partial charge in [-0.3, -0.25) is 43.2 Å². The first-order valence-corrected chi connectivity index (χ1v) is 32.2. The smallest absolute Gasteiger partial charge is 0.306 e. The minimum Gasteiger partial charge on any atom is -0.481 e. The number of ketones is 5. The Bertz CT molecular complexity index is 1910. The molecule has 2 rings (SSSR count). The minimum atomic E-state index is -0.846. The first-order valence-electron chi connectivity index (χ1n) is 32.2. The van der Waals surface area contributed by atoms with Crippen LogP contribution in [-0.4, -0.2) is 151 Å². The summed E-state index contributed by atoms with van der Waals surface area (Å²) in [7, 11) is 0. The van der Waals surface area contributed by atoms with Gasteiger partial charge in [-0.25, -0.2) is 4.98 Å². The van der Waals surface area contributed by atoms with Gasteiger partial charge in [0, 0.05) is 76.3 Å². The van der Waals surface area contributed by atoms with Gasteiger partial charge in [-0.1, -0.05) is 116 Å². The van der Waals surface area contributed by atoms with Crippen molar-refractivity contribution in [2.24, 2.45) is 17.8 Å². The van der Waals surface area contributed by atoms with Gasteiger partial charge in [-0.2, -0.15) is 0 Å². The molecule has 1 saturated carbocycles. The summed E-state index contributed by atoms with van der Waals surface area (Å²) in [6.07, 6.45) is 35.0. The summed E-state index contributed by atoms with van der Waals surface area (Å²) >= 11 is 0. The van der Waals surface area contributed by atoms with Crippen LogP contribution in [0.1, 0.15) is 238 Å². The lowest BCUT2D eigenvalue weighted by Gasteiger charge is -2.28. The number of hydrogen-bond donors (Lipinski definition) is 6. The zero-order valence-electron chi connectivity index (χ0n) is 51.9. The molecule has 1 aromatic rings. The van der Waals surface area contributed by atoms with Crippen LogP contribution in [0.4, 0.5) is 0 Å². The van der Waals surface area contributed by atoms with Gasteiger partial charge >= 0.3 is 11.9 Å². The van der Waals surface area contributed by atoms with Crippen LogP contribution in [-0.2, 0) is 68.5 Å². The van der Waals surface area contributed by atoms with Gasteiger partial charge in [0.2, 0.25) is 11.8 Å². The Labute approximate surface area is 502 Å². The summed E-state index contributed by atoms with van der Waals surface area (Å²) in [5.74, 6) is -1.30. The number of ether oxygens (including phenoxy) is 4. The molecule has 1 heterocycles. The number of H-pyrrole nitrogens is 1. The number of aromatic amines is 1. The van der Waals surface area contributed by atoms with Crippen LogP contribution in [0, 0.1) is 17.8 Å². The van der Waals surface area contributed by atoms with Crippen LogP contribution in [0.25, 0.3) is 0 Å². The maximum atomic E-state index is 12.6. The number of aliphatic carboxylic acids is 2. The number of nitrogens with zero attached hydrogens (tertiary/aromatic N) is 1. The van der Waals surface area contributed by atoms with E-state index in [4.69, 9.17) is 24.1 Å². The van der Waals surface area contributed by atoms with E-state index in [-0.39, 0.29) is 86.3 Å². The Morgan fingerprint density at radius 2 is 1.11 bits per heavy atom. The fourth-order valence-electron chi connectivity index (χ4n) is 10.2. The number of aryl methyl sites for hydroxylation is 1. The highest BCUT2D eigenvalue weighted by Crippen LogP contribution is 2.34. The number of rotatable bonds is 57. The van der Waals surface area contributed by atoms with E-state index in [2.05, 4.69) is 25.9 Å². The summed E-state index contributed by atoms with van der Waals surface area (Å²) in [6, 6.07) is -0.365. The van der Waals surface area contributed by atoms with Gasteiger partial charge in [-0.05, 0) is 83.5 Å². The SMILES string of the molecule is CC(=O)NCCOCCOCC(=O)NCCOCCOCC(=O)CCCCC[C@H](NCC(=O)CCc1cnc[nH]1)C(C)=O.CCC[C@H](CC(=O)C1CCC(CCC(=O)CCCCCCCCCCCCCCCCCCC(=O)O)CC1)C(=O)O. The third-order valence-electron chi connectivity index (χ3n) is 15.3. The predicted molar refractivity (Wildman–Crippen MR) is 324 cm³/mol. The molecule has 0 saturated heterocycles. The second-order valence-electron chi connectivity index (χ2n) is 22.8. The van der Waals surface area contributed by atoms with Crippen molar-refractivity contribution in [3.05, 3.63) is 18.2 Å². The maximum absolute atomic E-state index is 12.6. The Kier molecular flexibility index (Phi) is 49.4. The quantitative estimate of drug-likeness (QED) is 0.0331. The van der Waals surface area contributed by atoms with Crippen LogP contribution in [0.15, 0.2) is 12.5 Å². The molecular formula is C64H111N5O15. The van der Waals surface area contributed by atoms with Gasteiger partial charge in [0.15, 0.2) is 5.78 Å². The summed E-state index contributed by atoms with van der Waals surface area (Å²) in [4.78, 5) is 112. The van der Waals surface area contributed by atoms with Crippen LogP contribution in [0.2, 0.25) is 0 Å². The number of amides is 2. The van der Waals surface area contributed by atoms with E-state index in [1.807, 2.05) is 6.92 Å². The molecule has 1 aliphatic carbocycles. The molecule has 20 nitrogen and oxygen atoms in total. The zero-order valence-corrected chi connectivity index (χ0v) is 51.9. The number of nitrogens with one attached hydrogen (secondary N) is 4. The van der Waals surface area contributed by atoms with Crippen molar-refractivity contribution in [1.82, 2.24) is 25.9 Å². The third-order valence-corrected chi connectivity index (χ3v) is 15.3. The van der Waals surface area contributed by atoms with Crippen LogP contribution >= 0.6 is 0 Å². The third kappa shape index (κ3) is 47.5. The van der Waals surface area contributed by atoms with Crippen molar-refractivity contribution < 1.29 is 72.3 Å². The van der Waals surface area contributed by atoms with E-state index in [0.29, 0.717) is 109 Å². The molecule has 0 unspecified atom stereocenters. The molecule has 20 heteroatoms. The van der Waals surface area contributed by atoms with Crippen molar-refractivity contribution >= 4 is 52.7 Å². The molecule has 1 aliphatic rings. The maximum Gasteiger partial charge on any atom is 0.306 e. The molecule has 0 spiro atoms. The number of carbonyl (C=O) groups excluding carboxylic acids is 7. The number of unbranched alkanes of at least 4 members (excludes halogenated alkanes) is 17. The van der Waals surface area contributed by atoms with E-state index in [9.17, 15) is 48.3 Å². The number of carbonyl (C=O) groups is 9. The highest BCUT2D eigenvalue weighted by Gasteiger charge is 2.30. The molecule has 0 aromatic carbocycles. The molecule has 84 heavy (non-hydrogen) atoms. The standard InChI is InChI=1S/C35H62O6.C29H49N5O9/c1-2-19-31(35(40)41)28-33(37)30-25-22-29(23-26-30)24-27-32(36)20-17-15-13-11-9-7-5-3-4-6-8-10-12-14-16-18-21-34(38)39;1-23(35)28(33-19-26(37)9-8-25-18-30-22-34-25)7-5-3-4-6-27(38)20-42-16-14-41-13-11-32-29(39)21-43-17-15-40-12-10-31-24(2)36/h29-31H,2-28H2,1H3,(H,38,39)(H,40,41);18,22,28,33H,3-17,19-21H2,1-2H3,(H,30,34)(H,31,36)(H,32,39)/t29?,30?,31-;28-/m10/s1. The molecular weight excluding hydrogens is 1080 g/mol. The van der Waals surface area contributed by atoms with Crippen molar-refractivity contribution in [1.29, 1.82) is 0 Å². The lowest BCUT2D eigenvalue weighted by molar-refractivity contribution is -0.144. The summed E-state index contributed by atoms with van der Waals surface area (Å²) in [5.41, 5.74) is 0.905. The number of carboxylic acids is 2. The predicted octanol–water partition coefficient (Wildman–Crippen LogP) is 10.0. The number of Topliss-reactive ketones (excluding diaryl/α,β-unsaturated/α-hetero) is 5. The summed E-state index contributed by atoms with van der Waals surface area (Å²) in [5, 5.41) is 26.3. The van der Waals surface area contributed by atoms with Gasteiger partial charge in [0.25, 0.3) is 0 Å². The second-order valence-corrected chi connectivity index (χ2v) is 22.8. The molecule has 6 N–H and O–H groups in total. The first-order chi connectivity index (χ1) is 40.6. The highest BCUT2D eigenvalue weighted by atomic mass is 16.5. The summed E-state index contributed by atoms with van der Waals surface area (Å²) < 4.78 is 21.2. The topological polar surface area (TPSA) is 296 Å². The molecule has 1 aromatic heterocycles. The Morgan fingerprint density at radius 3 is 1.63 bits per heavy atom. The van der Waals surface area contributed by atoms with Gasteiger partial charge in [-0.15, -0.1) is 0 Å². The van der Waals surface area contributed by atoms with E-state index in [0.717, 1.165) is 82.7 Å². The van der Waals surface area contributed by atoms with E-state index < -0.39 is 17.9 Å². The van der Waals surface area contributed by atoms with Crippen molar-refractivity contribution in [3.63, 3.8) is 0 Å². The minimum absolute atomic E-state index is 0.00101. The molecule has 482 valence electrons. The second kappa shape index (κ2) is 53.7.